The summed E-state index contributed by atoms with van der Waals surface area (Å²) < 4.78 is 76.5. The van der Waals surface area contributed by atoms with Crippen LogP contribution in [-0.4, -0.2) is 23.4 Å². The summed E-state index contributed by atoms with van der Waals surface area (Å²) in [4.78, 5) is 12.1. The molecule has 10 heteroatoms. The number of anilines is 1. The summed E-state index contributed by atoms with van der Waals surface area (Å²) in [5.41, 5.74) is -6.39. The fraction of sp³-hybridized carbons (Fsp3) is 0.214. The Morgan fingerprint density at radius 1 is 0.958 bits per heavy atom. The predicted octanol–water partition coefficient (Wildman–Crippen LogP) is 4.31. The van der Waals surface area contributed by atoms with E-state index >= 15 is 0 Å². The van der Waals surface area contributed by atoms with Crippen molar-refractivity contribution in [3.05, 3.63) is 52.2 Å². The van der Waals surface area contributed by atoms with Crippen molar-refractivity contribution in [3.63, 3.8) is 0 Å². The topological polar surface area (TPSA) is 49.3 Å². The Kier molecular flexibility index (Phi) is 4.64. The zero-order valence-corrected chi connectivity index (χ0v) is 12.4. The first-order valence-corrected chi connectivity index (χ1v) is 7.16. The SMILES string of the molecule is O=C(Nc1ccc(C(O)(C(F)(F)F)C(F)(F)F)cc1)c1cccs1. The summed E-state index contributed by atoms with van der Waals surface area (Å²) in [5.74, 6) is -0.556. The summed E-state index contributed by atoms with van der Waals surface area (Å²) in [6.45, 7) is 0. The number of halogens is 6. The van der Waals surface area contributed by atoms with Crippen LogP contribution in [0.25, 0.3) is 0 Å². The lowest BCUT2D eigenvalue weighted by Crippen LogP contribution is -2.53. The summed E-state index contributed by atoms with van der Waals surface area (Å²) in [7, 11) is 0. The van der Waals surface area contributed by atoms with Gasteiger partial charge in [-0.05, 0) is 23.6 Å². The lowest BCUT2D eigenvalue weighted by Gasteiger charge is -2.32. The molecule has 130 valence electrons. The first-order valence-electron chi connectivity index (χ1n) is 6.28. The minimum Gasteiger partial charge on any atom is -0.369 e. The van der Waals surface area contributed by atoms with E-state index < -0.39 is 29.4 Å². The molecule has 2 rings (SSSR count). The van der Waals surface area contributed by atoms with E-state index in [2.05, 4.69) is 5.32 Å². The van der Waals surface area contributed by atoms with Gasteiger partial charge in [-0.15, -0.1) is 11.3 Å². The van der Waals surface area contributed by atoms with Crippen LogP contribution >= 0.6 is 11.3 Å². The molecule has 24 heavy (non-hydrogen) atoms. The fourth-order valence-electron chi connectivity index (χ4n) is 1.88. The van der Waals surface area contributed by atoms with Crippen molar-refractivity contribution in [2.45, 2.75) is 18.0 Å². The molecule has 2 aromatic rings. The number of thiophene rings is 1. The Morgan fingerprint density at radius 2 is 1.50 bits per heavy atom. The average molecular weight is 369 g/mol. The highest BCUT2D eigenvalue weighted by Crippen LogP contribution is 2.50. The van der Waals surface area contributed by atoms with Crippen molar-refractivity contribution in [3.8, 4) is 0 Å². The van der Waals surface area contributed by atoms with Gasteiger partial charge in [-0.3, -0.25) is 4.79 Å². The molecule has 0 atom stereocenters. The van der Waals surface area contributed by atoms with Crippen LogP contribution in [0.2, 0.25) is 0 Å². The second kappa shape index (κ2) is 6.10. The lowest BCUT2D eigenvalue weighted by molar-refractivity contribution is -0.376. The van der Waals surface area contributed by atoms with Crippen LogP contribution in [0.1, 0.15) is 15.2 Å². The number of benzene rings is 1. The van der Waals surface area contributed by atoms with E-state index in [0.29, 0.717) is 17.0 Å². The van der Waals surface area contributed by atoms with E-state index in [-0.39, 0.29) is 5.69 Å². The molecule has 0 saturated carbocycles. The highest BCUT2D eigenvalue weighted by Gasteiger charge is 2.71. The third-order valence-corrected chi connectivity index (χ3v) is 3.99. The maximum atomic E-state index is 12.7. The van der Waals surface area contributed by atoms with Crippen molar-refractivity contribution < 1.29 is 36.2 Å². The van der Waals surface area contributed by atoms with Crippen molar-refractivity contribution in [1.29, 1.82) is 0 Å². The molecule has 0 aliphatic carbocycles. The van der Waals surface area contributed by atoms with E-state index in [1.807, 2.05) is 0 Å². The molecule has 1 aromatic carbocycles. The molecular weight excluding hydrogens is 360 g/mol. The van der Waals surface area contributed by atoms with Crippen LogP contribution in [0.3, 0.4) is 0 Å². The summed E-state index contributed by atoms with van der Waals surface area (Å²) in [6, 6.07) is 5.73. The first kappa shape index (κ1) is 18.3. The molecule has 1 aromatic heterocycles. The largest absolute Gasteiger partial charge is 0.430 e. The molecule has 0 radical (unpaired) electrons. The number of rotatable bonds is 3. The van der Waals surface area contributed by atoms with Gasteiger partial charge in [0.15, 0.2) is 0 Å². The zero-order valence-electron chi connectivity index (χ0n) is 11.6. The van der Waals surface area contributed by atoms with Crippen LogP contribution in [0.5, 0.6) is 0 Å². The molecule has 0 aliphatic rings. The van der Waals surface area contributed by atoms with Crippen LogP contribution in [-0.2, 0) is 5.60 Å². The molecule has 0 unspecified atom stereocenters. The van der Waals surface area contributed by atoms with Crippen LogP contribution < -0.4 is 5.32 Å². The highest BCUT2D eigenvalue weighted by molar-refractivity contribution is 7.12. The van der Waals surface area contributed by atoms with Crippen LogP contribution in [0.15, 0.2) is 41.8 Å². The Bertz CT molecular complexity index is 692. The second-order valence-electron chi connectivity index (χ2n) is 4.71. The van der Waals surface area contributed by atoms with Crippen molar-refractivity contribution in [1.82, 2.24) is 0 Å². The molecule has 0 saturated heterocycles. The standard InChI is InChI=1S/C14H9F6NO2S/c15-13(16,17)12(23,14(18,19)20)8-3-5-9(6-4-8)21-11(22)10-2-1-7-24-10/h1-7,23H,(H,21,22). The fourth-order valence-corrected chi connectivity index (χ4v) is 2.50. The molecule has 0 spiro atoms. The monoisotopic (exact) mass is 369 g/mol. The quantitative estimate of drug-likeness (QED) is 0.792. The normalized spacial score (nSPS) is 13.0. The predicted molar refractivity (Wildman–Crippen MR) is 74.7 cm³/mol. The van der Waals surface area contributed by atoms with Gasteiger partial charge in [-0.1, -0.05) is 18.2 Å². The van der Waals surface area contributed by atoms with Crippen LogP contribution in [0.4, 0.5) is 32.0 Å². The molecule has 0 fully saturated rings. The maximum absolute atomic E-state index is 12.7. The summed E-state index contributed by atoms with van der Waals surface area (Å²) in [6.07, 6.45) is -11.9. The van der Waals surface area contributed by atoms with E-state index in [1.165, 1.54) is 6.07 Å². The number of nitrogens with one attached hydrogen (secondary N) is 1. The Balaban J connectivity index is 2.29. The lowest BCUT2D eigenvalue weighted by atomic mass is 9.92. The Labute approximate surface area is 135 Å². The van der Waals surface area contributed by atoms with Gasteiger partial charge < -0.3 is 10.4 Å². The van der Waals surface area contributed by atoms with Gasteiger partial charge in [0, 0.05) is 11.3 Å². The molecule has 3 nitrogen and oxygen atoms in total. The number of alkyl halides is 6. The maximum Gasteiger partial charge on any atom is 0.430 e. The molecule has 1 heterocycles. The van der Waals surface area contributed by atoms with Crippen molar-refractivity contribution >= 4 is 22.9 Å². The average Bonchev–Trinajstić information content (AvgIpc) is 2.99. The van der Waals surface area contributed by atoms with Crippen molar-refractivity contribution in [2.75, 3.05) is 5.32 Å². The van der Waals surface area contributed by atoms with Gasteiger partial charge in [0.1, 0.15) is 0 Å². The minimum atomic E-state index is -5.95. The number of amides is 1. The van der Waals surface area contributed by atoms with E-state index in [9.17, 15) is 36.2 Å². The first-order chi connectivity index (χ1) is 11.0. The Hall–Kier alpha value is -2.07. The summed E-state index contributed by atoms with van der Waals surface area (Å²) >= 11 is 1.11. The molecule has 0 bridgehead atoms. The number of carbonyl (C=O) groups excluding carboxylic acids is 1. The zero-order chi connectivity index (χ0) is 18.2. The second-order valence-corrected chi connectivity index (χ2v) is 5.66. The number of carbonyl (C=O) groups is 1. The highest BCUT2D eigenvalue weighted by atomic mass is 32.1. The number of aliphatic hydroxyl groups is 1. The van der Waals surface area contributed by atoms with Gasteiger partial charge in [0.05, 0.1) is 4.88 Å². The molecule has 0 aliphatic heterocycles. The van der Waals surface area contributed by atoms with Crippen molar-refractivity contribution in [2.24, 2.45) is 0 Å². The molecular formula is C14H9F6NO2S. The number of hydrogen-bond acceptors (Lipinski definition) is 3. The third kappa shape index (κ3) is 3.24. The van der Waals surface area contributed by atoms with E-state index in [0.717, 1.165) is 23.5 Å². The number of hydrogen-bond donors (Lipinski definition) is 2. The van der Waals surface area contributed by atoms with Gasteiger partial charge in [-0.25, -0.2) is 0 Å². The van der Waals surface area contributed by atoms with Gasteiger partial charge >= 0.3 is 12.4 Å². The Morgan fingerprint density at radius 3 is 1.92 bits per heavy atom. The van der Waals surface area contributed by atoms with Gasteiger partial charge in [0.2, 0.25) is 0 Å². The minimum absolute atomic E-state index is 0.0103. The van der Waals surface area contributed by atoms with E-state index in [4.69, 9.17) is 0 Å². The molecule has 2 N–H and O–H groups in total. The van der Waals surface area contributed by atoms with Crippen LogP contribution in [0, 0.1) is 0 Å². The van der Waals surface area contributed by atoms with E-state index in [1.54, 1.807) is 11.4 Å². The molecule has 1 amide bonds. The van der Waals surface area contributed by atoms with Gasteiger partial charge in [0.25, 0.3) is 11.5 Å². The smallest absolute Gasteiger partial charge is 0.369 e. The summed E-state index contributed by atoms with van der Waals surface area (Å²) in [5, 5.41) is 13.2. The third-order valence-electron chi connectivity index (χ3n) is 3.13. The van der Waals surface area contributed by atoms with Gasteiger partial charge in [-0.2, -0.15) is 26.3 Å².